The van der Waals surface area contributed by atoms with Crippen molar-refractivity contribution in [1.29, 1.82) is 0 Å². The van der Waals surface area contributed by atoms with Crippen molar-refractivity contribution in [3.63, 3.8) is 0 Å². The summed E-state index contributed by atoms with van der Waals surface area (Å²) in [4.78, 5) is 0. The highest BCUT2D eigenvalue weighted by molar-refractivity contribution is 5.58. The Kier molecular flexibility index (Phi) is 1.41. The second-order valence-electron chi connectivity index (χ2n) is 2.54. The van der Waals surface area contributed by atoms with Gasteiger partial charge < -0.3 is 4.52 Å². The molecule has 0 saturated carbocycles. The molecule has 0 saturated heterocycles. The molecule has 2 rings (SSSR count). The minimum absolute atomic E-state index is 0.139. The summed E-state index contributed by atoms with van der Waals surface area (Å²) >= 11 is 0. The summed E-state index contributed by atoms with van der Waals surface area (Å²) in [5.41, 5.74) is 1.81. The maximum absolute atomic E-state index is 7.09. The summed E-state index contributed by atoms with van der Waals surface area (Å²) in [5.74, 6) is 0.596. The van der Waals surface area contributed by atoms with Crippen LogP contribution in [0.25, 0.3) is 11.3 Å². The molecule has 2 heteroatoms. The maximum Gasteiger partial charge on any atom is 0.134 e. The van der Waals surface area contributed by atoms with E-state index in [1.807, 2.05) is 30.3 Å². The van der Waals surface area contributed by atoms with Gasteiger partial charge in [0, 0.05) is 13.0 Å². The molecule has 0 spiro atoms. The van der Waals surface area contributed by atoms with E-state index in [1.165, 1.54) is 0 Å². The van der Waals surface area contributed by atoms with Gasteiger partial charge in [0.15, 0.2) is 0 Å². The molecule has 60 valence electrons. The Morgan fingerprint density at radius 1 is 1.33 bits per heavy atom. The number of benzene rings is 1. The quantitative estimate of drug-likeness (QED) is 0.641. The van der Waals surface area contributed by atoms with Crippen molar-refractivity contribution in [2.45, 2.75) is 6.90 Å². The van der Waals surface area contributed by atoms with Gasteiger partial charge >= 0.3 is 0 Å². The predicted molar refractivity (Wildman–Crippen MR) is 46.7 cm³/mol. The Hall–Kier alpha value is -1.57. The van der Waals surface area contributed by atoms with Gasteiger partial charge in [-0.3, -0.25) is 0 Å². The van der Waals surface area contributed by atoms with Crippen LogP contribution in [-0.4, -0.2) is 5.16 Å². The molecule has 0 aliphatic carbocycles. The van der Waals surface area contributed by atoms with Crippen molar-refractivity contribution in [2.24, 2.45) is 0 Å². The van der Waals surface area contributed by atoms with E-state index in [0.29, 0.717) is 5.76 Å². The van der Waals surface area contributed by atoms with Crippen LogP contribution in [0.4, 0.5) is 0 Å². The van der Waals surface area contributed by atoms with Crippen molar-refractivity contribution in [3.05, 3.63) is 42.2 Å². The molecule has 12 heavy (non-hydrogen) atoms. The van der Waals surface area contributed by atoms with E-state index in [2.05, 4.69) is 5.16 Å². The molecule has 0 aliphatic heterocycles. The fourth-order valence-corrected chi connectivity index (χ4v) is 1.06. The molecule has 0 aliphatic rings. The Bertz CT molecular complexity index is 383. The van der Waals surface area contributed by atoms with Gasteiger partial charge in [0.1, 0.15) is 11.5 Å². The van der Waals surface area contributed by atoms with E-state index in [-0.39, 0.29) is 6.90 Å². The fourth-order valence-electron chi connectivity index (χ4n) is 1.06. The van der Waals surface area contributed by atoms with Crippen LogP contribution in [0.5, 0.6) is 0 Å². The van der Waals surface area contributed by atoms with Crippen LogP contribution in [-0.2, 0) is 0 Å². The van der Waals surface area contributed by atoms with Crippen molar-refractivity contribution in [2.75, 3.05) is 0 Å². The third-order valence-corrected chi connectivity index (χ3v) is 1.63. The lowest BCUT2D eigenvalue weighted by Crippen LogP contribution is -1.73. The molecule has 1 aromatic carbocycles. The summed E-state index contributed by atoms with van der Waals surface area (Å²) in [6, 6.07) is 11.6. The van der Waals surface area contributed by atoms with Crippen LogP contribution in [0.1, 0.15) is 7.13 Å². The Balaban J connectivity index is 2.36. The van der Waals surface area contributed by atoms with Crippen LogP contribution >= 0.6 is 0 Å². The smallest absolute Gasteiger partial charge is 0.134 e. The standard InChI is InChI=1S/C10H9NO/c1-8-7-10(11-12-8)9-5-3-2-4-6-9/h2-7H,1H3/i1D. The molecular formula is C10H9NO. The van der Waals surface area contributed by atoms with Crippen LogP contribution in [0.3, 0.4) is 0 Å². The second kappa shape index (κ2) is 2.81. The van der Waals surface area contributed by atoms with E-state index in [0.717, 1.165) is 11.3 Å². The first-order valence-electron chi connectivity index (χ1n) is 4.41. The second-order valence-corrected chi connectivity index (χ2v) is 2.54. The van der Waals surface area contributed by atoms with E-state index in [1.54, 1.807) is 6.07 Å². The summed E-state index contributed by atoms with van der Waals surface area (Å²) in [6.45, 7) is 0.139. The van der Waals surface area contributed by atoms with E-state index in [4.69, 9.17) is 5.89 Å². The fraction of sp³-hybridized carbons (Fsp3) is 0.100. The molecule has 0 N–H and O–H groups in total. The van der Waals surface area contributed by atoms with Crippen molar-refractivity contribution < 1.29 is 5.89 Å². The normalized spacial score (nSPS) is 11.2. The summed E-state index contributed by atoms with van der Waals surface area (Å²) in [5, 5.41) is 3.86. The third-order valence-electron chi connectivity index (χ3n) is 1.63. The molecule has 0 amide bonds. The number of hydrogen-bond donors (Lipinski definition) is 0. The van der Waals surface area contributed by atoms with Gasteiger partial charge in [0.2, 0.25) is 0 Å². The van der Waals surface area contributed by atoms with E-state index < -0.39 is 0 Å². The largest absolute Gasteiger partial charge is 0.361 e. The molecule has 2 nitrogen and oxygen atoms in total. The van der Waals surface area contributed by atoms with E-state index in [9.17, 15) is 0 Å². The Morgan fingerprint density at radius 3 is 2.83 bits per heavy atom. The molecule has 2 aromatic rings. The van der Waals surface area contributed by atoms with E-state index >= 15 is 0 Å². The lowest BCUT2D eigenvalue weighted by Gasteiger charge is -1.90. The van der Waals surface area contributed by atoms with Crippen LogP contribution in [0.2, 0.25) is 0 Å². The zero-order chi connectivity index (χ0) is 9.10. The maximum atomic E-state index is 7.09. The zero-order valence-electron chi connectivity index (χ0n) is 7.53. The van der Waals surface area contributed by atoms with Gasteiger partial charge in [-0.15, -0.1) is 0 Å². The van der Waals surface area contributed by atoms with Gasteiger partial charge in [-0.25, -0.2) is 0 Å². The number of aromatic nitrogens is 1. The highest BCUT2D eigenvalue weighted by Crippen LogP contribution is 2.17. The molecule has 0 unspecified atom stereocenters. The van der Waals surface area contributed by atoms with Crippen LogP contribution in [0, 0.1) is 6.90 Å². The zero-order valence-corrected chi connectivity index (χ0v) is 6.53. The molecule has 0 fully saturated rings. The minimum Gasteiger partial charge on any atom is -0.361 e. The highest BCUT2D eigenvalue weighted by Gasteiger charge is 2.00. The number of aryl methyl sites for hydroxylation is 1. The Labute approximate surface area is 72.2 Å². The Morgan fingerprint density at radius 2 is 2.17 bits per heavy atom. The van der Waals surface area contributed by atoms with Gasteiger partial charge in [0.05, 0.1) is 0 Å². The number of rotatable bonds is 1. The first-order valence-corrected chi connectivity index (χ1v) is 3.70. The molecule has 1 heterocycles. The average molecular weight is 160 g/mol. The molecule has 0 atom stereocenters. The molecule has 0 radical (unpaired) electrons. The van der Waals surface area contributed by atoms with Gasteiger partial charge in [0.25, 0.3) is 0 Å². The summed E-state index contributed by atoms with van der Waals surface area (Å²) in [6.07, 6.45) is 0. The number of hydrogen-bond acceptors (Lipinski definition) is 2. The predicted octanol–water partition coefficient (Wildman–Crippen LogP) is 2.65. The van der Waals surface area contributed by atoms with Gasteiger partial charge in [-0.2, -0.15) is 0 Å². The lowest BCUT2D eigenvalue weighted by atomic mass is 10.1. The molecule has 1 aromatic heterocycles. The highest BCUT2D eigenvalue weighted by atomic mass is 16.5. The summed E-state index contributed by atoms with van der Waals surface area (Å²) < 4.78 is 12.0. The lowest BCUT2D eigenvalue weighted by molar-refractivity contribution is 0.399. The van der Waals surface area contributed by atoms with Crippen molar-refractivity contribution in [3.8, 4) is 11.3 Å². The van der Waals surface area contributed by atoms with Crippen molar-refractivity contribution in [1.82, 2.24) is 5.16 Å². The number of nitrogens with zero attached hydrogens (tertiary/aromatic N) is 1. The topological polar surface area (TPSA) is 26.0 Å². The minimum atomic E-state index is 0.139. The SMILES string of the molecule is [2H]Cc1cc(-c2ccccc2)no1. The van der Waals surface area contributed by atoms with Crippen LogP contribution in [0.15, 0.2) is 40.9 Å². The first-order chi connectivity index (χ1) is 6.40. The monoisotopic (exact) mass is 160 g/mol. The van der Waals surface area contributed by atoms with Gasteiger partial charge in [-0.1, -0.05) is 35.5 Å². The average Bonchev–Trinajstić information content (AvgIpc) is 2.67. The third kappa shape index (κ3) is 1.23. The van der Waals surface area contributed by atoms with Crippen LogP contribution < -0.4 is 0 Å². The first kappa shape index (κ1) is 6.00. The van der Waals surface area contributed by atoms with Crippen molar-refractivity contribution >= 4 is 0 Å². The molecule has 0 bridgehead atoms. The van der Waals surface area contributed by atoms with Gasteiger partial charge in [-0.05, 0) is 6.90 Å². The molecular weight excluding hydrogens is 150 g/mol. The summed E-state index contributed by atoms with van der Waals surface area (Å²) in [7, 11) is 0.